The number of fused-ring (bicyclic) bond motifs is 1. The summed E-state index contributed by atoms with van der Waals surface area (Å²) in [6, 6.07) is 14.0. The van der Waals surface area contributed by atoms with Crippen molar-refractivity contribution in [2.24, 2.45) is 0 Å². The van der Waals surface area contributed by atoms with E-state index in [4.69, 9.17) is 13.9 Å². The number of rotatable bonds is 6. The summed E-state index contributed by atoms with van der Waals surface area (Å²) in [5.74, 6) is 1.78. The molecule has 9 heteroatoms. The number of carbonyl (C=O) groups excluding carboxylic acids is 1. The van der Waals surface area contributed by atoms with Gasteiger partial charge < -0.3 is 19.2 Å². The number of aryl methyl sites for hydroxylation is 1. The molecule has 1 unspecified atom stereocenters. The van der Waals surface area contributed by atoms with E-state index in [1.165, 1.54) is 18.2 Å². The zero-order chi connectivity index (χ0) is 22.0. The van der Waals surface area contributed by atoms with Gasteiger partial charge in [0, 0.05) is 6.07 Å². The third kappa shape index (κ3) is 4.51. The monoisotopic (exact) mass is 442 g/mol. The highest BCUT2D eigenvalue weighted by atomic mass is 32.2. The average Bonchev–Trinajstić information content (AvgIpc) is 3.20. The Labute approximate surface area is 180 Å². The van der Waals surface area contributed by atoms with Gasteiger partial charge in [-0.2, -0.15) is 0 Å². The van der Waals surface area contributed by atoms with E-state index in [0.29, 0.717) is 30.5 Å². The molecule has 0 spiro atoms. The highest BCUT2D eigenvalue weighted by Crippen LogP contribution is 2.33. The van der Waals surface area contributed by atoms with E-state index in [-0.39, 0.29) is 22.2 Å². The van der Waals surface area contributed by atoms with Crippen molar-refractivity contribution in [1.29, 1.82) is 0 Å². The van der Waals surface area contributed by atoms with Gasteiger partial charge >= 0.3 is 0 Å². The summed E-state index contributed by atoms with van der Waals surface area (Å²) in [5, 5.41) is 2.83. The van der Waals surface area contributed by atoms with E-state index in [1.807, 2.05) is 13.0 Å². The van der Waals surface area contributed by atoms with E-state index in [1.54, 1.807) is 37.3 Å². The van der Waals surface area contributed by atoms with Gasteiger partial charge in [-0.1, -0.05) is 12.1 Å². The number of benzene rings is 2. The van der Waals surface area contributed by atoms with Crippen LogP contribution in [0.1, 0.15) is 34.8 Å². The van der Waals surface area contributed by atoms with Gasteiger partial charge in [-0.3, -0.25) is 9.52 Å². The molecule has 1 aliphatic heterocycles. The number of anilines is 1. The predicted molar refractivity (Wildman–Crippen MR) is 114 cm³/mol. The lowest BCUT2D eigenvalue weighted by Crippen LogP contribution is -2.27. The number of carbonyl (C=O) groups is 1. The highest BCUT2D eigenvalue weighted by molar-refractivity contribution is 7.92. The Morgan fingerprint density at radius 3 is 2.48 bits per heavy atom. The molecule has 2 aromatic carbocycles. The van der Waals surface area contributed by atoms with Gasteiger partial charge in [0.05, 0.1) is 22.2 Å². The zero-order valence-corrected chi connectivity index (χ0v) is 17.9. The molecule has 4 rings (SSSR count). The van der Waals surface area contributed by atoms with Crippen LogP contribution in [0.25, 0.3) is 0 Å². The third-order valence-electron chi connectivity index (χ3n) is 4.78. The second-order valence-corrected chi connectivity index (χ2v) is 8.78. The highest BCUT2D eigenvalue weighted by Gasteiger charge is 2.23. The number of amides is 1. The van der Waals surface area contributed by atoms with Crippen LogP contribution >= 0.6 is 0 Å². The summed E-state index contributed by atoms with van der Waals surface area (Å²) >= 11 is 0. The van der Waals surface area contributed by atoms with Crippen molar-refractivity contribution < 1.29 is 27.1 Å². The Morgan fingerprint density at radius 1 is 1.00 bits per heavy atom. The summed E-state index contributed by atoms with van der Waals surface area (Å²) in [4.78, 5) is 12.9. The smallest absolute Gasteiger partial charge is 0.262 e. The quantitative estimate of drug-likeness (QED) is 0.604. The second kappa shape index (κ2) is 8.35. The second-order valence-electron chi connectivity index (χ2n) is 7.10. The van der Waals surface area contributed by atoms with Crippen LogP contribution in [0.2, 0.25) is 0 Å². The molecular formula is C22H22N2O6S. The zero-order valence-electron chi connectivity index (χ0n) is 17.0. The molecule has 2 heterocycles. The topological polar surface area (TPSA) is 107 Å². The number of hydrogen-bond acceptors (Lipinski definition) is 6. The van der Waals surface area contributed by atoms with E-state index in [0.717, 1.165) is 5.76 Å². The minimum absolute atomic E-state index is 0.00592. The molecule has 31 heavy (non-hydrogen) atoms. The Bertz CT molecular complexity index is 1220. The maximum absolute atomic E-state index is 13.0. The van der Waals surface area contributed by atoms with Gasteiger partial charge in [0.25, 0.3) is 15.9 Å². The molecule has 162 valence electrons. The van der Waals surface area contributed by atoms with Gasteiger partial charge in [0.15, 0.2) is 11.5 Å². The molecule has 0 fully saturated rings. The number of sulfonamides is 1. The summed E-state index contributed by atoms with van der Waals surface area (Å²) in [7, 11) is -3.96. The molecule has 0 bridgehead atoms. The molecular weight excluding hydrogens is 420 g/mol. The van der Waals surface area contributed by atoms with E-state index in [9.17, 15) is 13.2 Å². The summed E-state index contributed by atoms with van der Waals surface area (Å²) in [5.41, 5.74) is 0.358. The standard InChI is InChI=1S/C22H22N2O6S/c1-14-7-9-19(30-14)15(2)23-22(25)17-5-3-4-6-18(17)24-31(26,27)16-8-10-20-21(13-16)29-12-11-28-20/h3-10,13,15,24H,11-12H2,1-2H3,(H,23,25). The van der Waals surface area contributed by atoms with Crippen LogP contribution in [-0.4, -0.2) is 27.5 Å². The number of nitrogens with one attached hydrogen (secondary N) is 2. The minimum Gasteiger partial charge on any atom is -0.486 e. The first-order chi connectivity index (χ1) is 14.8. The Morgan fingerprint density at radius 2 is 1.74 bits per heavy atom. The number of ether oxygens (including phenoxy) is 2. The molecule has 3 aromatic rings. The fourth-order valence-electron chi connectivity index (χ4n) is 3.20. The first-order valence-corrected chi connectivity index (χ1v) is 11.2. The normalized spacial score (nSPS) is 14.0. The molecule has 8 nitrogen and oxygen atoms in total. The molecule has 0 saturated heterocycles. The molecule has 1 atom stereocenters. The summed E-state index contributed by atoms with van der Waals surface area (Å²) in [6.07, 6.45) is 0. The fourth-order valence-corrected chi connectivity index (χ4v) is 4.29. The SMILES string of the molecule is Cc1ccc(C(C)NC(=O)c2ccccc2NS(=O)(=O)c2ccc3c(c2)OCCO3)o1. The summed E-state index contributed by atoms with van der Waals surface area (Å²) < 4.78 is 44.9. The number of hydrogen-bond donors (Lipinski definition) is 2. The van der Waals surface area contributed by atoms with Gasteiger partial charge in [-0.05, 0) is 50.2 Å². The lowest BCUT2D eigenvalue weighted by molar-refractivity contribution is 0.0936. The molecule has 1 amide bonds. The summed E-state index contributed by atoms with van der Waals surface area (Å²) in [6.45, 7) is 4.37. The van der Waals surface area contributed by atoms with Gasteiger partial charge in [-0.25, -0.2) is 8.42 Å². The largest absolute Gasteiger partial charge is 0.486 e. The van der Waals surface area contributed by atoms with Crippen LogP contribution in [0.5, 0.6) is 11.5 Å². The Kier molecular flexibility index (Phi) is 5.60. The Hall–Kier alpha value is -3.46. The number of para-hydroxylation sites is 1. The van der Waals surface area contributed by atoms with E-state index < -0.39 is 15.9 Å². The van der Waals surface area contributed by atoms with Crippen molar-refractivity contribution in [2.75, 3.05) is 17.9 Å². The molecule has 2 N–H and O–H groups in total. The van der Waals surface area contributed by atoms with Crippen molar-refractivity contribution in [1.82, 2.24) is 5.32 Å². The number of furan rings is 1. The first-order valence-electron chi connectivity index (χ1n) is 9.72. The van der Waals surface area contributed by atoms with Crippen molar-refractivity contribution in [2.45, 2.75) is 24.8 Å². The fraction of sp³-hybridized carbons (Fsp3) is 0.227. The van der Waals surface area contributed by atoms with Crippen molar-refractivity contribution >= 4 is 21.6 Å². The maximum atomic E-state index is 13.0. The van der Waals surface area contributed by atoms with Gasteiger partial charge in [0.1, 0.15) is 24.7 Å². The molecule has 1 aromatic heterocycles. The molecule has 0 radical (unpaired) electrons. The lowest BCUT2D eigenvalue weighted by atomic mass is 10.1. The van der Waals surface area contributed by atoms with Gasteiger partial charge in [-0.15, -0.1) is 0 Å². The minimum atomic E-state index is -3.96. The lowest BCUT2D eigenvalue weighted by Gasteiger charge is -2.19. The predicted octanol–water partition coefficient (Wildman–Crippen LogP) is 3.65. The van der Waals surface area contributed by atoms with Crippen LogP contribution in [0, 0.1) is 6.92 Å². The van der Waals surface area contributed by atoms with Crippen LogP contribution in [0.15, 0.2) is 63.9 Å². The average molecular weight is 442 g/mol. The van der Waals surface area contributed by atoms with Crippen LogP contribution in [0.3, 0.4) is 0 Å². The molecule has 1 aliphatic rings. The van der Waals surface area contributed by atoms with Crippen molar-refractivity contribution in [3.63, 3.8) is 0 Å². The van der Waals surface area contributed by atoms with Crippen molar-refractivity contribution in [3.05, 3.63) is 71.7 Å². The molecule has 0 saturated carbocycles. The first kappa shape index (κ1) is 20.8. The van der Waals surface area contributed by atoms with Crippen LogP contribution in [0.4, 0.5) is 5.69 Å². The third-order valence-corrected chi connectivity index (χ3v) is 6.14. The van der Waals surface area contributed by atoms with Gasteiger partial charge in [0.2, 0.25) is 0 Å². The maximum Gasteiger partial charge on any atom is 0.262 e. The van der Waals surface area contributed by atoms with Crippen LogP contribution in [-0.2, 0) is 10.0 Å². The molecule has 0 aliphatic carbocycles. The van der Waals surface area contributed by atoms with Crippen LogP contribution < -0.4 is 19.5 Å². The van der Waals surface area contributed by atoms with E-state index in [2.05, 4.69) is 10.0 Å². The van der Waals surface area contributed by atoms with Crippen molar-refractivity contribution in [3.8, 4) is 11.5 Å². The van der Waals surface area contributed by atoms with E-state index >= 15 is 0 Å². The Balaban J connectivity index is 1.56.